The molecule has 1 amide bonds. The van der Waals surface area contributed by atoms with E-state index in [-0.39, 0.29) is 5.91 Å². The third-order valence-corrected chi connectivity index (χ3v) is 5.05. The van der Waals surface area contributed by atoms with Crippen LogP contribution in [0.15, 0.2) is 16.3 Å². The summed E-state index contributed by atoms with van der Waals surface area (Å²) in [5, 5.41) is 5.28. The van der Waals surface area contributed by atoms with Gasteiger partial charge in [-0.3, -0.25) is 4.79 Å². The maximum absolute atomic E-state index is 12.3. The summed E-state index contributed by atoms with van der Waals surface area (Å²) in [7, 11) is 1.99. The van der Waals surface area contributed by atoms with Crippen molar-refractivity contribution < 1.29 is 4.79 Å². The van der Waals surface area contributed by atoms with Crippen molar-refractivity contribution in [2.24, 2.45) is 0 Å². The van der Waals surface area contributed by atoms with Gasteiger partial charge < -0.3 is 10.2 Å². The van der Waals surface area contributed by atoms with Crippen molar-refractivity contribution in [2.45, 2.75) is 23.8 Å². The van der Waals surface area contributed by atoms with Gasteiger partial charge in [0.2, 0.25) is 0 Å². The average Bonchev–Trinajstić information content (AvgIpc) is 2.86. The fraction of sp³-hybridized carbons (Fsp3) is 0.583. The molecule has 0 bridgehead atoms. The Morgan fingerprint density at radius 1 is 1.53 bits per heavy atom. The van der Waals surface area contributed by atoms with E-state index in [0.717, 1.165) is 35.7 Å². The Labute approximate surface area is 111 Å². The molecule has 94 valence electrons. The van der Waals surface area contributed by atoms with E-state index in [9.17, 15) is 4.79 Å². The quantitative estimate of drug-likeness (QED) is 0.855. The van der Waals surface area contributed by atoms with Crippen LogP contribution in [0.2, 0.25) is 0 Å². The van der Waals surface area contributed by atoms with E-state index in [1.807, 2.05) is 29.6 Å². The number of amides is 1. The molecule has 1 saturated heterocycles. The number of hydrogen-bond donors (Lipinski definition) is 1. The van der Waals surface area contributed by atoms with Crippen LogP contribution >= 0.6 is 23.1 Å². The standard InChI is InChI=1S/C12H18N2OS2/c1-13-9-3-6-14(7-4-9)12(15)11-10(16-2)5-8-17-11/h5,8-9,13H,3-4,6-7H2,1-2H3. The van der Waals surface area contributed by atoms with Crippen LogP contribution in [0.1, 0.15) is 22.5 Å². The zero-order valence-electron chi connectivity index (χ0n) is 10.2. The van der Waals surface area contributed by atoms with Crippen molar-refractivity contribution >= 4 is 29.0 Å². The first-order valence-electron chi connectivity index (χ1n) is 5.84. The van der Waals surface area contributed by atoms with E-state index in [1.165, 1.54) is 0 Å². The zero-order valence-corrected chi connectivity index (χ0v) is 11.9. The van der Waals surface area contributed by atoms with Gasteiger partial charge in [-0.1, -0.05) is 0 Å². The lowest BCUT2D eigenvalue weighted by molar-refractivity contribution is 0.0709. The molecule has 17 heavy (non-hydrogen) atoms. The number of rotatable bonds is 3. The minimum absolute atomic E-state index is 0.207. The molecular formula is C12H18N2OS2. The van der Waals surface area contributed by atoms with Crippen LogP contribution < -0.4 is 5.32 Å². The molecule has 2 rings (SSSR count). The monoisotopic (exact) mass is 270 g/mol. The molecule has 1 aliphatic heterocycles. The number of nitrogens with zero attached hydrogens (tertiary/aromatic N) is 1. The Hall–Kier alpha value is -0.520. The van der Waals surface area contributed by atoms with Gasteiger partial charge in [0, 0.05) is 24.0 Å². The molecule has 1 aromatic heterocycles. The van der Waals surface area contributed by atoms with E-state index in [4.69, 9.17) is 0 Å². The second-order valence-corrected chi connectivity index (χ2v) is 5.94. The largest absolute Gasteiger partial charge is 0.338 e. The topological polar surface area (TPSA) is 32.3 Å². The lowest BCUT2D eigenvalue weighted by Gasteiger charge is -2.31. The van der Waals surface area contributed by atoms with Crippen LogP contribution in [-0.2, 0) is 0 Å². The van der Waals surface area contributed by atoms with Gasteiger partial charge >= 0.3 is 0 Å². The maximum atomic E-state index is 12.3. The summed E-state index contributed by atoms with van der Waals surface area (Å²) in [6.07, 6.45) is 4.14. The molecule has 0 aliphatic carbocycles. The Morgan fingerprint density at radius 2 is 2.24 bits per heavy atom. The molecule has 5 heteroatoms. The first-order valence-corrected chi connectivity index (χ1v) is 7.94. The third-order valence-electron chi connectivity index (χ3n) is 3.23. The number of thioether (sulfide) groups is 1. The van der Waals surface area contributed by atoms with Gasteiger partial charge in [0.15, 0.2) is 0 Å². The molecule has 1 fully saturated rings. The van der Waals surface area contributed by atoms with Crippen LogP contribution in [0, 0.1) is 0 Å². The SMILES string of the molecule is CNC1CCN(C(=O)c2sccc2SC)CC1. The highest BCUT2D eigenvalue weighted by Gasteiger charge is 2.24. The molecule has 0 radical (unpaired) electrons. The Balaban J connectivity index is 2.02. The predicted octanol–water partition coefficient (Wildman–Crippen LogP) is 2.29. The van der Waals surface area contributed by atoms with Gasteiger partial charge in [-0.05, 0) is 37.6 Å². The lowest BCUT2D eigenvalue weighted by Crippen LogP contribution is -2.43. The van der Waals surface area contributed by atoms with E-state index in [0.29, 0.717) is 6.04 Å². The predicted molar refractivity (Wildman–Crippen MR) is 74.1 cm³/mol. The fourth-order valence-corrected chi connectivity index (χ4v) is 3.84. The lowest BCUT2D eigenvalue weighted by atomic mass is 10.1. The average molecular weight is 270 g/mol. The second-order valence-electron chi connectivity index (χ2n) is 4.17. The number of thiophene rings is 1. The minimum atomic E-state index is 0.207. The molecule has 3 nitrogen and oxygen atoms in total. The molecule has 0 aromatic carbocycles. The van der Waals surface area contributed by atoms with Crippen LogP contribution in [0.5, 0.6) is 0 Å². The maximum Gasteiger partial charge on any atom is 0.265 e. The highest BCUT2D eigenvalue weighted by molar-refractivity contribution is 7.98. The first kappa shape index (κ1) is 12.9. The van der Waals surface area contributed by atoms with Crippen LogP contribution in [0.25, 0.3) is 0 Å². The molecule has 0 unspecified atom stereocenters. The van der Waals surface area contributed by atoms with Gasteiger partial charge in [0.1, 0.15) is 4.88 Å². The van der Waals surface area contributed by atoms with Crippen LogP contribution in [-0.4, -0.2) is 43.2 Å². The van der Waals surface area contributed by atoms with Gasteiger partial charge in [0.25, 0.3) is 5.91 Å². The Morgan fingerprint density at radius 3 is 2.82 bits per heavy atom. The second kappa shape index (κ2) is 5.89. The van der Waals surface area contributed by atoms with E-state index < -0.39 is 0 Å². The molecule has 0 saturated carbocycles. The van der Waals surface area contributed by atoms with Crippen molar-refractivity contribution in [1.29, 1.82) is 0 Å². The van der Waals surface area contributed by atoms with Crippen LogP contribution in [0.3, 0.4) is 0 Å². The number of carbonyl (C=O) groups is 1. The van der Waals surface area contributed by atoms with Gasteiger partial charge in [-0.25, -0.2) is 0 Å². The van der Waals surface area contributed by atoms with Crippen molar-refractivity contribution in [3.8, 4) is 0 Å². The summed E-state index contributed by atoms with van der Waals surface area (Å²) in [4.78, 5) is 16.3. The smallest absolute Gasteiger partial charge is 0.265 e. The van der Waals surface area contributed by atoms with E-state index in [1.54, 1.807) is 23.1 Å². The van der Waals surface area contributed by atoms with Crippen molar-refractivity contribution in [2.75, 3.05) is 26.4 Å². The first-order chi connectivity index (χ1) is 8.26. The van der Waals surface area contributed by atoms with Crippen molar-refractivity contribution in [3.05, 3.63) is 16.3 Å². The number of hydrogen-bond acceptors (Lipinski definition) is 4. The summed E-state index contributed by atoms with van der Waals surface area (Å²) in [5.74, 6) is 0.207. The van der Waals surface area contributed by atoms with Gasteiger partial charge in [-0.15, -0.1) is 23.1 Å². The molecular weight excluding hydrogens is 252 g/mol. The van der Waals surface area contributed by atoms with Crippen molar-refractivity contribution in [3.63, 3.8) is 0 Å². The molecule has 1 N–H and O–H groups in total. The molecule has 1 aromatic rings. The number of piperidine rings is 1. The molecule has 0 atom stereocenters. The summed E-state index contributed by atoms with van der Waals surface area (Å²) in [6.45, 7) is 1.74. The highest BCUT2D eigenvalue weighted by Crippen LogP contribution is 2.27. The summed E-state index contributed by atoms with van der Waals surface area (Å²) >= 11 is 3.20. The van der Waals surface area contributed by atoms with Gasteiger partial charge in [0.05, 0.1) is 0 Å². The van der Waals surface area contributed by atoms with E-state index in [2.05, 4.69) is 5.32 Å². The molecule has 1 aliphatic rings. The summed E-state index contributed by atoms with van der Waals surface area (Å²) in [6, 6.07) is 2.60. The van der Waals surface area contributed by atoms with Gasteiger partial charge in [-0.2, -0.15) is 0 Å². The van der Waals surface area contributed by atoms with Crippen molar-refractivity contribution in [1.82, 2.24) is 10.2 Å². The highest BCUT2D eigenvalue weighted by atomic mass is 32.2. The zero-order chi connectivity index (χ0) is 12.3. The number of likely N-dealkylation sites (tertiary alicyclic amines) is 1. The Kier molecular flexibility index (Phi) is 4.48. The van der Waals surface area contributed by atoms with Crippen LogP contribution in [0.4, 0.5) is 0 Å². The minimum Gasteiger partial charge on any atom is -0.338 e. The molecule has 2 heterocycles. The molecule has 0 spiro atoms. The number of nitrogens with one attached hydrogen (secondary N) is 1. The summed E-state index contributed by atoms with van der Waals surface area (Å²) < 4.78 is 0. The fourth-order valence-electron chi connectivity index (χ4n) is 2.13. The number of carbonyl (C=O) groups excluding carboxylic acids is 1. The third kappa shape index (κ3) is 2.84. The van der Waals surface area contributed by atoms with E-state index >= 15 is 0 Å². The normalized spacial score (nSPS) is 17.4. The Bertz CT molecular complexity index is 384. The summed E-state index contributed by atoms with van der Waals surface area (Å²) in [5.41, 5.74) is 0.